The van der Waals surface area contributed by atoms with Crippen LogP contribution in [0.2, 0.25) is 0 Å². The summed E-state index contributed by atoms with van der Waals surface area (Å²) < 4.78 is 0. The summed E-state index contributed by atoms with van der Waals surface area (Å²) in [5, 5.41) is 22.6. The minimum absolute atomic E-state index is 0.110. The second kappa shape index (κ2) is 7.36. The molecule has 1 unspecified atom stereocenters. The summed E-state index contributed by atoms with van der Waals surface area (Å²) in [6, 6.07) is 12.1. The van der Waals surface area contributed by atoms with E-state index in [2.05, 4.69) is 5.32 Å². The second-order valence-electron chi connectivity index (χ2n) is 5.29. The van der Waals surface area contributed by atoms with Crippen LogP contribution in [-0.2, 0) is 4.79 Å². The van der Waals surface area contributed by atoms with E-state index in [4.69, 9.17) is 5.11 Å². The molecule has 7 heteroatoms. The Morgan fingerprint density at radius 1 is 1.21 bits per heavy atom. The van der Waals surface area contributed by atoms with Gasteiger partial charge in [0.25, 0.3) is 11.6 Å². The molecule has 0 spiro atoms. The Labute approximate surface area is 138 Å². The number of carboxylic acids is 1. The number of carboxylic acid groups (broad SMARTS) is 1. The summed E-state index contributed by atoms with van der Waals surface area (Å²) in [7, 11) is 0. The number of amides is 1. The minimum Gasteiger partial charge on any atom is -0.481 e. The average Bonchev–Trinajstić information content (AvgIpc) is 2.54. The number of nitrogens with one attached hydrogen (secondary N) is 1. The molecule has 2 rings (SSSR count). The van der Waals surface area contributed by atoms with E-state index in [1.807, 2.05) is 0 Å². The fraction of sp³-hybridized carbons (Fsp3) is 0.176. The summed E-state index contributed by atoms with van der Waals surface area (Å²) in [4.78, 5) is 33.8. The molecule has 0 heterocycles. The highest BCUT2D eigenvalue weighted by molar-refractivity contribution is 5.95. The summed E-state index contributed by atoms with van der Waals surface area (Å²) in [5.74, 6) is -1.62. The Morgan fingerprint density at radius 2 is 1.88 bits per heavy atom. The molecule has 0 fully saturated rings. The Bertz CT molecular complexity index is 774. The Morgan fingerprint density at radius 3 is 2.46 bits per heavy atom. The molecule has 0 aliphatic heterocycles. The summed E-state index contributed by atoms with van der Waals surface area (Å²) in [6.45, 7) is 1.58. The normalized spacial score (nSPS) is 11.5. The number of nitrogens with zero attached hydrogens (tertiary/aromatic N) is 1. The monoisotopic (exact) mass is 328 g/mol. The molecule has 0 aliphatic rings. The highest BCUT2D eigenvalue weighted by Gasteiger charge is 2.20. The lowest BCUT2D eigenvalue weighted by molar-refractivity contribution is -0.385. The Balaban J connectivity index is 2.26. The number of hydrogen-bond acceptors (Lipinski definition) is 4. The molecule has 0 saturated heterocycles. The van der Waals surface area contributed by atoms with E-state index in [0.717, 1.165) is 0 Å². The Hall–Kier alpha value is -3.22. The highest BCUT2D eigenvalue weighted by Crippen LogP contribution is 2.21. The number of rotatable bonds is 6. The van der Waals surface area contributed by atoms with Crippen molar-refractivity contribution in [3.05, 3.63) is 75.3 Å². The number of aliphatic carboxylic acids is 1. The fourth-order valence-corrected chi connectivity index (χ4v) is 2.30. The van der Waals surface area contributed by atoms with E-state index in [9.17, 15) is 19.7 Å². The number of carbonyl (C=O) groups is 2. The van der Waals surface area contributed by atoms with E-state index in [1.165, 1.54) is 18.2 Å². The van der Waals surface area contributed by atoms with Crippen molar-refractivity contribution in [2.75, 3.05) is 0 Å². The maximum atomic E-state index is 12.4. The van der Waals surface area contributed by atoms with Crippen LogP contribution in [0.4, 0.5) is 5.69 Å². The quantitative estimate of drug-likeness (QED) is 0.626. The molecule has 0 aromatic heterocycles. The van der Waals surface area contributed by atoms with Crippen molar-refractivity contribution >= 4 is 17.6 Å². The molecule has 1 amide bonds. The third kappa shape index (κ3) is 4.16. The number of carbonyl (C=O) groups excluding carboxylic acids is 1. The molecule has 0 aliphatic carbocycles. The van der Waals surface area contributed by atoms with Crippen molar-refractivity contribution in [2.24, 2.45) is 0 Å². The van der Waals surface area contributed by atoms with Gasteiger partial charge in [0, 0.05) is 17.2 Å². The van der Waals surface area contributed by atoms with Gasteiger partial charge in [0.1, 0.15) is 0 Å². The first-order valence-electron chi connectivity index (χ1n) is 7.21. The van der Waals surface area contributed by atoms with Gasteiger partial charge in [-0.05, 0) is 18.6 Å². The number of benzene rings is 2. The molecule has 1 atom stereocenters. The van der Waals surface area contributed by atoms with Gasteiger partial charge in [-0.15, -0.1) is 0 Å². The third-order valence-corrected chi connectivity index (χ3v) is 3.55. The molecule has 2 aromatic carbocycles. The molecule has 124 valence electrons. The lowest BCUT2D eigenvalue weighted by atomic mass is 10.0. The van der Waals surface area contributed by atoms with E-state index in [-0.39, 0.29) is 17.7 Å². The lowest BCUT2D eigenvalue weighted by Gasteiger charge is -2.17. The fourth-order valence-electron chi connectivity index (χ4n) is 2.30. The van der Waals surface area contributed by atoms with Crippen LogP contribution in [0, 0.1) is 17.0 Å². The first kappa shape index (κ1) is 17.1. The van der Waals surface area contributed by atoms with Crippen molar-refractivity contribution in [1.82, 2.24) is 5.32 Å². The van der Waals surface area contributed by atoms with Crippen molar-refractivity contribution in [3.63, 3.8) is 0 Å². The van der Waals surface area contributed by atoms with Crippen molar-refractivity contribution in [1.29, 1.82) is 0 Å². The van der Waals surface area contributed by atoms with E-state index < -0.39 is 22.8 Å². The molecule has 0 saturated carbocycles. The van der Waals surface area contributed by atoms with Gasteiger partial charge in [0.2, 0.25) is 0 Å². The SMILES string of the molecule is Cc1ccc(C(=O)NC(CC(=O)O)c2ccccc2)cc1[N+](=O)[O-]. The maximum Gasteiger partial charge on any atom is 0.305 e. The maximum absolute atomic E-state index is 12.4. The van der Waals surface area contributed by atoms with Crippen molar-refractivity contribution in [3.8, 4) is 0 Å². The van der Waals surface area contributed by atoms with Crippen LogP contribution in [0.25, 0.3) is 0 Å². The number of nitro groups is 1. The topological polar surface area (TPSA) is 110 Å². The van der Waals surface area contributed by atoms with Crippen molar-refractivity contribution in [2.45, 2.75) is 19.4 Å². The zero-order valence-corrected chi connectivity index (χ0v) is 12.9. The van der Waals surface area contributed by atoms with Gasteiger partial charge in [-0.3, -0.25) is 19.7 Å². The molecular formula is C17H16N2O5. The second-order valence-corrected chi connectivity index (χ2v) is 5.29. The minimum atomic E-state index is -1.06. The molecule has 2 aromatic rings. The van der Waals surface area contributed by atoms with Gasteiger partial charge < -0.3 is 10.4 Å². The zero-order valence-electron chi connectivity index (χ0n) is 12.9. The lowest BCUT2D eigenvalue weighted by Crippen LogP contribution is -2.30. The van der Waals surface area contributed by atoms with Crippen LogP contribution >= 0.6 is 0 Å². The van der Waals surface area contributed by atoms with Gasteiger partial charge in [-0.25, -0.2) is 0 Å². The van der Waals surface area contributed by atoms with Gasteiger partial charge >= 0.3 is 5.97 Å². The van der Waals surface area contributed by atoms with Crippen LogP contribution in [0.1, 0.15) is 33.9 Å². The summed E-state index contributed by atoms with van der Waals surface area (Å²) >= 11 is 0. The standard InChI is InChI=1S/C17H16N2O5/c1-11-7-8-13(9-15(11)19(23)24)17(22)18-14(10-16(20)21)12-5-3-2-4-6-12/h2-9,14H,10H2,1H3,(H,18,22)(H,20,21). The van der Waals surface area contributed by atoms with E-state index in [1.54, 1.807) is 37.3 Å². The first-order valence-corrected chi connectivity index (χ1v) is 7.21. The van der Waals surface area contributed by atoms with Crippen molar-refractivity contribution < 1.29 is 19.6 Å². The zero-order chi connectivity index (χ0) is 17.7. The van der Waals surface area contributed by atoms with E-state index >= 15 is 0 Å². The van der Waals surface area contributed by atoms with Crippen LogP contribution in [0.5, 0.6) is 0 Å². The smallest absolute Gasteiger partial charge is 0.305 e. The van der Waals surface area contributed by atoms with Gasteiger partial charge in [0.15, 0.2) is 0 Å². The van der Waals surface area contributed by atoms with Crippen LogP contribution < -0.4 is 5.32 Å². The van der Waals surface area contributed by atoms with Crippen LogP contribution in [0.3, 0.4) is 0 Å². The molecule has 0 bridgehead atoms. The van der Waals surface area contributed by atoms with Gasteiger partial charge in [0.05, 0.1) is 17.4 Å². The summed E-state index contributed by atoms with van der Waals surface area (Å²) in [5.41, 5.74) is 1.05. The largest absolute Gasteiger partial charge is 0.481 e. The molecule has 24 heavy (non-hydrogen) atoms. The predicted octanol–water partition coefficient (Wildman–Crippen LogP) is 2.85. The third-order valence-electron chi connectivity index (χ3n) is 3.55. The predicted molar refractivity (Wildman–Crippen MR) is 86.7 cm³/mol. The summed E-state index contributed by atoms with van der Waals surface area (Å²) in [6.07, 6.45) is -0.288. The van der Waals surface area contributed by atoms with Crippen LogP contribution in [-0.4, -0.2) is 21.9 Å². The van der Waals surface area contributed by atoms with E-state index in [0.29, 0.717) is 11.1 Å². The Kier molecular flexibility index (Phi) is 5.26. The molecule has 0 radical (unpaired) electrons. The number of hydrogen-bond donors (Lipinski definition) is 2. The first-order chi connectivity index (χ1) is 11.4. The molecule has 7 nitrogen and oxygen atoms in total. The van der Waals surface area contributed by atoms with Gasteiger partial charge in [-0.1, -0.05) is 36.4 Å². The van der Waals surface area contributed by atoms with Crippen LogP contribution in [0.15, 0.2) is 48.5 Å². The number of nitro benzene ring substituents is 1. The molecular weight excluding hydrogens is 312 g/mol. The highest BCUT2D eigenvalue weighted by atomic mass is 16.6. The molecule has 2 N–H and O–H groups in total. The van der Waals surface area contributed by atoms with Gasteiger partial charge in [-0.2, -0.15) is 0 Å². The average molecular weight is 328 g/mol. The number of aryl methyl sites for hydroxylation is 1.